The Morgan fingerprint density at radius 1 is 0.792 bits per heavy atom. The maximum absolute atomic E-state index is 6.12. The molecule has 0 saturated heterocycles. The summed E-state index contributed by atoms with van der Waals surface area (Å²) in [7, 11) is 0. The van der Waals surface area contributed by atoms with Gasteiger partial charge in [-0.25, -0.2) is 0 Å². The lowest BCUT2D eigenvalue weighted by Crippen LogP contribution is -2.35. The van der Waals surface area contributed by atoms with Crippen molar-refractivity contribution in [1.29, 1.82) is 0 Å². The van der Waals surface area contributed by atoms with Crippen molar-refractivity contribution in [1.82, 2.24) is 0 Å². The summed E-state index contributed by atoms with van der Waals surface area (Å²) in [6.45, 7) is 0. The Labute approximate surface area is 146 Å². The molecule has 5 rings (SSSR count). The third-order valence-electron chi connectivity index (χ3n) is 4.96. The Morgan fingerprint density at radius 3 is 2.42 bits per heavy atom. The molecule has 1 aliphatic carbocycles. The number of benzene rings is 3. The molecule has 0 unspecified atom stereocenters. The van der Waals surface area contributed by atoms with Crippen molar-refractivity contribution < 1.29 is 0 Å². The first-order valence-corrected chi connectivity index (χ1v) is 8.40. The highest BCUT2D eigenvalue weighted by molar-refractivity contribution is 6.30. The van der Waals surface area contributed by atoms with E-state index in [1.54, 1.807) is 0 Å². The van der Waals surface area contributed by atoms with Crippen LogP contribution in [0.5, 0.6) is 0 Å². The summed E-state index contributed by atoms with van der Waals surface area (Å²) in [6, 6.07) is 25.0. The van der Waals surface area contributed by atoms with E-state index in [-0.39, 0.29) is 5.41 Å². The first-order valence-electron chi connectivity index (χ1n) is 8.02. The SMILES string of the molecule is Clc1ccc([C@]23C=Cc4ccccc4C2=Nc2ccccc23)cc1. The predicted molar refractivity (Wildman–Crippen MR) is 100 cm³/mol. The van der Waals surface area contributed by atoms with Gasteiger partial charge in [-0.15, -0.1) is 0 Å². The van der Waals surface area contributed by atoms with Crippen LogP contribution in [0.1, 0.15) is 22.3 Å². The van der Waals surface area contributed by atoms with E-state index in [0.717, 1.165) is 16.4 Å². The zero-order valence-electron chi connectivity index (χ0n) is 12.9. The Balaban J connectivity index is 1.86. The number of allylic oxidation sites excluding steroid dienone is 1. The molecule has 2 heteroatoms. The van der Waals surface area contributed by atoms with Crippen molar-refractivity contribution in [3.63, 3.8) is 0 Å². The molecule has 114 valence electrons. The van der Waals surface area contributed by atoms with Crippen molar-refractivity contribution in [2.45, 2.75) is 5.41 Å². The minimum absolute atomic E-state index is 0.338. The fourth-order valence-corrected chi connectivity index (χ4v) is 3.98. The summed E-state index contributed by atoms with van der Waals surface area (Å²) in [5.41, 5.74) is 6.65. The number of halogens is 1. The molecule has 0 saturated carbocycles. The van der Waals surface area contributed by atoms with E-state index in [9.17, 15) is 0 Å². The summed E-state index contributed by atoms with van der Waals surface area (Å²) < 4.78 is 0. The second-order valence-electron chi connectivity index (χ2n) is 6.21. The minimum Gasteiger partial charge on any atom is -0.251 e. The first kappa shape index (κ1) is 13.8. The van der Waals surface area contributed by atoms with Gasteiger partial charge in [-0.05, 0) is 34.9 Å². The molecule has 3 aromatic carbocycles. The smallest absolute Gasteiger partial charge is 0.0835 e. The maximum atomic E-state index is 6.12. The van der Waals surface area contributed by atoms with E-state index in [0.29, 0.717) is 0 Å². The van der Waals surface area contributed by atoms with Crippen LogP contribution >= 0.6 is 11.6 Å². The molecule has 0 N–H and O–H groups in total. The van der Waals surface area contributed by atoms with Crippen LogP contribution in [0.2, 0.25) is 5.02 Å². The van der Waals surface area contributed by atoms with E-state index in [4.69, 9.17) is 16.6 Å². The molecule has 1 heterocycles. The maximum Gasteiger partial charge on any atom is 0.0835 e. The third kappa shape index (κ3) is 1.73. The van der Waals surface area contributed by atoms with E-state index in [1.807, 2.05) is 18.2 Å². The van der Waals surface area contributed by atoms with Crippen LogP contribution in [0.15, 0.2) is 83.9 Å². The van der Waals surface area contributed by atoms with Gasteiger partial charge in [0.2, 0.25) is 0 Å². The van der Waals surface area contributed by atoms with Crippen molar-refractivity contribution in [2.24, 2.45) is 4.99 Å². The number of aliphatic imine (C=N–C) groups is 1. The van der Waals surface area contributed by atoms with E-state index in [2.05, 4.69) is 66.7 Å². The normalized spacial score (nSPS) is 20.1. The van der Waals surface area contributed by atoms with Gasteiger partial charge in [0.25, 0.3) is 0 Å². The molecule has 3 aromatic rings. The van der Waals surface area contributed by atoms with Gasteiger partial charge in [-0.3, -0.25) is 4.99 Å². The van der Waals surface area contributed by atoms with Crippen LogP contribution in [-0.2, 0) is 5.41 Å². The summed E-state index contributed by atoms with van der Waals surface area (Å²) in [5.74, 6) is 0. The number of nitrogens with zero attached hydrogens (tertiary/aromatic N) is 1. The van der Waals surface area contributed by atoms with E-state index < -0.39 is 0 Å². The zero-order chi connectivity index (χ0) is 16.1. The van der Waals surface area contributed by atoms with Gasteiger partial charge in [-0.1, -0.05) is 78.4 Å². The van der Waals surface area contributed by atoms with Crippen LogP contribution in [0, 0.1) is 0 Å². The van der Waals surface area contributed by atoms with Crippen LogP contribution in [0.3, 0.4) is 0 Å². The van der Waals surface area contributed by atoms with Gasteiger partial charge >= 0.3 is 0 Å². The monoisotopic (exact) mass is 327 g/mol. The molecule has 1 aliphatic heterocycles. The van der Waals surface area contributed by atoms with Crippen molar-refractivity contribution in [2.75, 3.05) is 0 Å². The second kappa shape index (κ2) is 4.93. The lowest BCUT2D eigenvalue weighted by Gasteiger charge is -2.33. The van der Waals surface area contributed by atoms with Gasteiger partial charge in [0.05, 0.1) is 16.8 Å². The Bertz CT molecular complexity index is 1010. The molecule has 24 heavy (non-hydrogen) atoms. The highest BCUT2D eigenvalue weighted by Crippen LogP contribution is 2.50. The molecule has 1 nitrogen and oxygen atoms in total. The lowest BCUT2D eigenvalue weighted by molar-refractivity contribution is 0.892. The number of hydrogen-bond acceptors (Lipinski definition) is 1. The molecule has 0 radical (unpaired) electrons. The van der Waals surface area contributed by atoms with Gasteiger partial charge in [0, 0.05) is 10.6 Å². The van der Waals surface area contributed by atoms with Crippen LogP contribution < -0.4 is 0 Å². The number of fused-ring (bicyclic) bond motifs is 5. The first-order chi connectivity index (χ1) is 11.8. The molecule has 0 bridgehead atoms. The summed E-state index contributed by atoms with van der Waals surface area (Å²) >= 11 is 6.12. The fraction of sp³-hybridized carbons (Fsp3) is 0.0455. The average Bonchev–Trinajstić information content (AvgIpc) is 2.98. The largest absolute Gasteiger partial charge is 0.251 e. The summed E-state index contributed by atoms with van der Waals surface area (Å²) in [5, 5.41) is 0.750. The highest BCUT2D eigenvalue weighted by Gasteiger charge is 2.45. The number of rotatable bonds is 1. The van der Waals surface area contributed by atoms with Gasteiger partial charge < -0.3 is 0 Å². The second-order valence-corrected chi connectivity index (χ2v) is 6.65. The molecule has 0 amide bonds. The Hall–Kier alpha value is -2.64. The molecular formula is C22H14ClN. The molecule has 2 aliphatic rings. The Kier molecular flexibility index (Phi) is 2.83. The quantitative estimate of drug-likeness (QED) is 0.536. The van der Waals surface area contributed by atoms with Crippen LogP contribution in [0.4, 0.5) is 5.69 Å². The summed E-state index contributed by atoms with van der Waals surface area (Å²) in [6.07, 6.45) is 4.49. The Morgan fingerprint density at radius 2 is 1.54 bits per heavy atom. The van der Waals surface area contributed by atoms with Crippen molar-refractivity contribution in [3.8, 4) is 0 Å². The molecule has 0 aromatic heterocycles. The lowest BCUT2D eigenvalue weighted by atomic mass is 9.67. The topological polar surface area (TPSA) is 12.4 Å². The summed E-state index contributed by atoms with van der Waals surface area (Å²) in [4.78, 5) is 5.02. The zero-order valence-corrected chi connectivity index (χ0v) is 13.7. The van der Waals surface area contributed by atoms with Gasteiger partial charge in [0.15, 0.2) is 0 Å². The van der Waals surface area contributed by atoms with E-state index >= 15 is 0 Å². The van der Waals surface area contributed by atoms with Crippen molar-refractivity contribution >= 4 is 29.1 Å². The molecular weight excluding hydrogens is 314 g/mol. The van der Waals surface area contributed by atoms with Gasteiger partial charge in [-0.2, -0.15) is 0 Å². The molecule has 1 atom stereocenters. The average molecular weight is 328 g/mol. The predicted octanol–water partition coefficient (Wildman–Crippen LogP) is 5.79. The number of para-hydroxylation sites is 1. The van der Waals surface area contributed by atoms with Gasteiger partial charge in [0.1, 0.15) is 0 Å². The minimum atomic E-state index is -0.338. The van der Waals surface area contributed by atoms with E-state index in [1.165, 1.54) is 22.3 Å². The third-order valence-corrected chi connectivity index (χ3v) is 5.22. The number of hydrogen-bond donors (Lipinski definition) is 0. The molecule has 0 fully saturated rings. The standard InChI is InChI=1S/C22H14ClN/c23-17-11-9-16(10-12-17)22-14-13-15-5-1-2-6-18(15)21(22)24-20-8-4-3-7-19(20)22/h1-14H/t22-/m0/s1. The highest BCUT2D eigenvalue weighted by atomic mass is 35.5. The van der Waals surface area contributed by atoms with Crippen molar-refractivity contribution in [3.05, 3.63) is 106 Å². The fourth-order valence-electron chi connectivity index (χ4n) is 3.86. The molecule has 0 spiro atoms. The van der Waals surface area contributed by atoms with Crippen LogP contribution in [-0.4, -0.2) is 5.71 Å². The van der Waals surface area contributed by atoms with Crippen LogP contribution in [0.25, 0.3) is 6.08 Å².